The van der Waals surface area contributed by atoms with Crippen LogP contribution >= 0.6 is 0 Å². The molecule has 6 heteroatoms. The molecule has 2 rings (SSSR count). The van der Waals surface area contributed by atoms with Crippen LogP contribution < -0.4 is 10.2 Å². The molecule has 1 fully saturated rings. The Hall–Kier alpha value is -1.56. The van der Waals surface area contributed by atoms with Crippen LogP contribution in [-0.2, 0) is 14.6 Å². The van der Waals surface area contributed by atoms with E-state index < -0.39 is 9.84 Å². The first kappa shape index (κ1) is 16.8. The Labute approximate surface area is 132 Å². The number of amides is 1. The first-order valence-corrected chi connectivity index (χ1v) is 9.42. The number of para-hydroxylation sites is 1. The maximum atomic E-state index is 12.3. The molecule has 1 saturated heterocycles. The number of benzene rings is 1. The average molecular weight is 324 g/mol. The van der Waals surface area contributed by atoms with Gasteiger partial charge in [-0.05, 0) is 38.8 Å². The molecule has 0 radical (unpaired) electrons. The van der Waals surface area contributed by atoms with E-state index in [4.69, 9.17) is 0 Å². The van der Waals surface area contributed by atoms with E-state index in [2.05, 4.69) is 5.32 Å². The first-order chi connectivity index (χ1) is 10.3. The minimum atomic E-state index is -2.97. The lowest BCUT2D eigenvalue weighted by Crippen LogP contribution is -2.45. The van der Waals surface area contributed by atoms with Crippen molar-refractivity contribution in [1.82, 2.24) is 5.32 Å². The van der Waals surface area contributed by atoms with E-state index in [0.29, 0.717) is 6.42 Å². The Kier molecular flexibility index (Phi) is 5.11. The van der Waals surface area contributed by atoms with Crippen molar-refractivity contribution in [2.45, 2.75) is 39.3 Å². The number of carbonyl (C=O) groups is 1. The molecule has 1 N–H and O–H groups in total. The van der Waals surface area contributed by atoms with Crippen LogP contribution in [0.25, 0.3) is 0 Å². The van der Waals surface area contributed by atoms with Gasteiger partial charge in [-0.1, -0.05) is 18.2 Å². The summed E-state index contributed by atoms with van der Waals surface area (Å²) in [5, 5.41) is 2.85. The van der Waals surface area contributed by atoms with Crippen LogP contribution in [-0.4, -0.2) is 44.5 Å². The first-order valence-electron chi connectivity index (χ1n) is 7.60. The zero-order valence-electron chi connectivity index (χ0n) is 13.4. The number of sulfone groups is 1. The lowest BCUT2D eigenvalue weighted by Gasteiger charge is -2.30. The summed E-state index contributed by atoms with van der Waals surface area (Å²) in [5.74, 6) is 0.105. The third-order valence-corrected chi connectivity index (χ3v) is 5.73. The second-order valence-corrected chi connectivity index (χ2v) is 8.40. The van der Waals surface area contributed by atoms with Crippen molar-refractivity contribution in [3.63, 3.8) is 0 Å². The molecule has 5 nitrogen and oxygen atoms in total. The summed E-state index contributed by atoms with van der Waals surface area (Å²) in [7, 11) is -2.97. The SMILES string of the molecule is Cc1ccccc1N(CC(=O)N[C@H]1CCS(=O)(=O)C1)C(C)C. The summed E-state index contributed by atoms with van der Waals surface area (Å²) in [4.78, 5) is 14.3. The van der Waals surface area contributed by atoms with Gasteiger partial charge in [0, 0.05) is 17.8 Å². The largest absolute Gasteiger partial charge is 0.360 e. The molecule has 1 aliphatic rings. The van der Waals surface area contributed by atoms with Crippen molar-refractivity contribution in [3.8, 4) is 0 Å². The lowest BCUT2D eigenvalue weighted by molar-refractivity contribution is -0.120. The minimum absolute atomic E-state index is 0.0603. The number of nitrogens with zero attached hydrogens (tertiary/aromatic N) is 1. The molecule has 0 saturated carbocycles. The van der Waals surface area contributed by atoms with Crippen LogP contribution in [0, 0.1) is 6.92 Å². The molecule has 1 heterocycles. The molecule has 0 unspecified atom stereocenters. The zero-order chi connectivity index (χ0) is 16.3. The molecule has 0 aromatic heterocycles. The van der Waals surface area contributed by atoms with Crippen molar-refractivity contribution in [3.05, 3.63) is 29.8 Å². The highest BCUT2D eigenvalue weighted by atomic mass is 32.2. The average Bonchev–Trinajstić information content (AvgIpc) is 2.76. The summed E-state index contributed by atoms with van der Waals surface area (Å²) in [5.41, 5.74) is 2.15. The van der Waals surface area contributed by atoms with Gasteiger partial charge < -0.3 is 10.2 Å². The Bertz CT molecular complexity index is 641. The smallest absolute Gasteiger partial charge is 0.239 e. The van der Waals surface area contributed by atoms with Crippen LogP contribution in [0.5, 0.6) is 0 Å². The van der Waals surface area contributed by atoms with E-state index in [-0.39, 0.29) is 36.0 Å². The van der Waals surface area contributed by atoms with E-state index in [9.17, 15) is 13.2 Å². The van der Waals surface area contributed by atoms with E-state index in [0.717, 1.165) is 11.3 Å². The van der Waals surface area contributed by atoms with Crippen molar-refractivity contribution in [1.29, 1.82) is 0 Å². The predicted octanol–water partition coefficient (Wildman–Crippen LogP) is 1.51. The summed E-state index contributed by atoms with van der Waals surface area (Å²) >= 11 is 0. The van der Waals surface area contributed by atoms with Gasteiger partial charge in [0.2, 0.25) is 5.91 Å². The number of carbonyl (C=O) groups excluding carboxylic acids is 1. The molecule has 0 spiro atoms. The molecular weight excluding hydrogens is 300 g/mol. The maximum Gasteiger partial charge on any atom is 0.239 e. The van der Waals surface area contributed by atoms with Crippen molar-refractivity contribution < 1.29 is 13.2 Å². The number of rotatable bonds is 5. The van der Waals surface area contributed by atoms with E-state index in [1.807, 2.05) is 49.9 Å². The molecule has 122 valence electrons. The summed E-state index contributed by atoms with van der Waals surface area (Å²) in [6.45, 7) is 6.34. The van der Waals surface area contributed by atoms with Crippen LogP contribution in [0.3, 0.4) is 0 Å². The quantitative estimate of drug-likeness (QED) is 0.892. The number of hydrogen-bond acceptors (Lipinski definition) is 4. The molecule has 1 aromatic rings. The van der Waals surface area contributed by atoms with Gasteiger partial charge in [-0.15, -0.1) is 0 Å². The predicted molar refractivity (Wildman–Crippen MR) is 88.9 cm³/mol. The summed E-state index contributed by atoms with van der Waals surface area (Å²) < 4.78 is 22.9. The van der Waals surface area contributed by atoms with Crippen LogP contribution in [0.2, 0.25) is 0 Å². The third kappa shape index (κ3) is 4.22. The molecule has 1 aliphatic heterocycles. The van der Waals surface area contributed by atoms with Gasteiger partial charge in [-0.25, -0.2) is 8.42 Å². The molecular formula is C16H24N2O3S. The lowest BCUT2D eigenvalue weighted by atomic mass is 10.1. The number of aryl methyl sites for hydroxylation is 1. The number of hydrogen-bond donors (Lipinski definition) is 1. The molecule has 0 aliphatic carbocycles. The van der Waals surface area contributed by atoms with Gasteiger partial charge in [0.15, 0.2) is 9.84 Å². The minimum Gasteiger partial charge on any atom is -0.360 e. The van der Waals surface area contributed by atoms with Gasteiger partial charge in [0.05, 0.1) is 18.1 Å². The number of nitrogens with one attached hydrogen (secondary N) is 1. The topological polar surface area (TPSA) is 66.5 Å². The standard InChI is InChI=1S/C16H24N2O3S/c1-12(2)18(15-7-5-4-6-13(15)3)10-16(19)17-14-8-9-22(20,21)11-14/h4-7,12,14H,8-11H2,1-3H3,(H,17,19)/t14-/m0/s1. The van der Waals surface area contributed by atoms with Crippen LogP contribution in [0.15, 0.2) is 24.3 Å². The second-order valence-electron chi connectivity index (χ2n) is 6.18. The highest BCUT2D eigenvalue weighted by Gasteiger charge is 2.29. The zero-order valence-corrected chi connectivity index (χ0v) is 14.2. The summed E-state index contributed by atoms with van der Waals surface area (Å²) in [6, 6.07) is 7.89. The van der Waals surface area contributed by atoms with Gasteiger partial charge in [0.25, 0.3) is 0 Å². The Morgan fingerprint density at radius 3 is 2.59 bits per heavy atom. The Morgan fingerprint density at radius 2 is 2.05 bits per heavy atom. The molecule has 1 amide bonds. The maximum absolute atomic E-state index is 12.3. The van der Waals surface area contributed by atoms with Gasteiger partial charge in [-0.2, -0.15) is 0 Å². The highest BCUT2D eigenvalue weighted by molar-refractivity contribution is 7.91. The van der Waals surface area contributed by atoms with Gasteiger partial charge >= 0.3 is 0 Å². The highest BCUT2D eigenvalue weighted by Crippen LogP contribution is 2.21. The fourth-order valence-corrected chi connectivity index (χ4v) is 4.44. The van der Waals surface area contributed by atoms with E-state index in [1.54, 1.807) is 0 Å². The second kappa shape index (κ2) is 6.69. The molecule has 1 aromatic carbocycles. The van der Waals surface area contributed by atoms with Gasteiger partial charge in [0.1, 0.15) is 0 Å². The monoisotopic (exact) mass is 324 g/mol. The molecule has 1 atom stereocenters. The number of anilines is 1. The van der Waals surface area contributed by atoms with Crippen molar-refractivity contribution in [2.75, 3.05) is 23.0 Å². The van der Waals surface area contributed by atoms with Gasteiger partial charge in [-0.3, -0.25) is 4.79 Å². The molecule has 0 bridgehead atoms. The fraction of sp³-hybridized carbons (Fsp3) is 0.562. The summed E-state index contributed by atoms with van der Waals surface area (Å²) in [6.07, 6.45) is 0.514. The van der Waals surface area contributed by atoms with Crippen molar-refractivity contribution >= 4 is 21.4 Å². The van der Waals surface area contributed by atoms with Crippen LogP contribution in [0.4, 0.5) is 5.69 Å². The van der Waals surface area contributed by atoms with E-state index >= 15 is 0 Å². The fourth-order valence-electron chi connectivity index (χ4n) is 2.77. The Morgan fingerprint density at radius 1 is 1.36 bits per heavy atom. The normalized spacial score (nSPS) is 20.1. The van der Waals surface area contributed by atoms with E-state index in [1.165, 1.54) is 0 Å². The third-order valence-electron chi connectivity index (χ3n) is 3.96. The molecule has 22 heavy (non-hydrogen) atoms. The van der Waals surface area contributed by atoms with Crippen molar-refractivity contribution in [2.24, 2.45) is 0 Å². The Balaban J connectivity index is 2.03. The van der Waals surface area contributed by atoms with Crippen LogP contribution in [0.1, 0.15) is 25.8 Å².